The van der Waals surface area contributed by atoms with Gasteiger partial charge in [0, 0.05) is 13.6 Å². The lowest BCUT2D eigenvalue weighted by Gasteiger charge is -2.44. The van der Waals surface area contributed by atoms with E-state index in [-0.39, 0.29) is 23.6 Å². The van der Waals surface area contributed by atoms with E-state index in [0.29, 0.717) is 28.8 Å². The molecule has 1 fully saturated rings. The molecule has 0 bridgehead atoms. The third-order valence-electron chi connectivity index (χ3n) is 14.5. The highest BCUT2D eigenvalue weighted by atomic mass is 16.2. The number of carbonyl (C=O) groups excluding carboxylic acids is 4. The second-order valence-corrected chi connectivity index (χ2v) is 18.7. The average Bonchev–Trinajstić information content (AvgIpc) is 3.62. The lowest BCUT2D eigenvalue weighted by Crippen LogP contribution is -2.35. The Hall–Kier alpha value is -3.28. The van der Waals surface area contributed by atoms with Gasteiger partial charge in [0.2, 0.25) is 0 Å². The molecule has 0 N–H and O–H groups in total. The van der Waals surface area contributed by atoms with Crippen molar-refractivity contribution in [1.29, 1.82) is 0 Å². The molecule has 2 aromatic carbocycles. The minimum atomic E-state index is -0.323. The number of imide groups is 2. The minimum Gasteiger partial charge on any atom is -0.277 e. The lowest BCUT2D eigenvalue weighted by molar-refractivity contribution is 0.0581. The summed E-state index contributed by atoms with van der Waals surface area (Å²) >= 11 is 0. The number of hydrogen-bond acceptors (Lipinski definition) is 4. The van der Waals surface area contributed by atoms with Gasteiger partial charge in [-0.05, 0) is 91.2 Å². The Kier molecular flexibility index (Phi) is 19.7. The zero-order chi connectivity index (χ0) is 42.0. The molecule has 2 aromatic rings. The van der Waals surface area contributed by atoms with Crippen molar-refractivity contribution in [2.24, 2.45) is 23.7 Å². The largest absolute Gasteiger partial charge is 0.277 e. The molecule has 6 heteroatoms. The summed E-state index contributed by atoms with van der Waals surface area (Å²) in [6, 6.07) is 10.5. The van der Waals surface area contributed by atoms with Crippen molar-refractivity contribution in [2.75, 3.05) is 13.6 Å². The summed E-state index contributed by atoms with van der Waals surface area (Å²) in [4.78, 5) is 54.3. The highest BCUT2D eigenvalue weighted by Gasteiger charge is 2.38. The molecule has 3 aliphatic rings. The molecule has 1 aliphatic carbocycles. The fourth-order valence-electron chi connectivity index (χ4n) is 10.9. The molecule has 6 nitrogen and oxygen atoms in total. The van der Waals surface area contributed by atoms with Crippen LogP contribution < -0.4 is 0 Å². The van der Waals surface area contributed by atoms with Gasteiger partial charge in [-0.1, -0.05) is 181 Å². The van der Waals surface area contributed by atoms with E-state index in [4.69, 9.17) is 0 Å². The Bertz CT molecular complexity index is 1650. The smallest absolute Gasteiger partial charge is 0.261 e. The first-order valence-electron chi connectivity index (χ1n) is 24.8. The van der Waals surface area contributed by atoms with Gasteiger partial charge in [0.1, 0.15) is 0 Å². The number of carbonyl (C=O) groups is 4. The van der Waals surface area contributed by atoms with Gasteiger partial charge in [0.15, 0.2) is 0 Å². The predicted molar refractivity (Wildman–Crippen MR) is 244 cm³/mol. The van der Waals surface area contributed by atoms with Gasteiger partial charge in [-0.2, -0.15) is 0 Å². The van der Waals surface area contributed by atoms with E-state index in [1.54, 1.807) is 30.3 Å². The molecule has 1 saturated carbocycles. The van der Waals surface area contributed by atoms with Crippen LogP contribution in [-0.4, -0.2) is 47.0 Å². The summed E-state index contributed by atoms with van der Waals surface area (Å²) < 4.78 is 0. The molecule has 2 heterocycles. The van der Waals surface area contributed by atoms with Gasteiger partial charge < -0.3 is 0 Å². The monoisotopic (exact) mass is 809 g/mol. The summed E-state index contributed by atoms with van der Waals surface area (Å²) in [7, 11) is 1.49. The fraction of sp³-hybridized carbons (Fsp3) is 0.698. The van der Waals surface area contributed by atoms with Crippen molar-refractivity contribution in [1.82, 2.24) is 9.80 Å². The molecular formula is C53H80N2O4. The van der Waals surface area contributed by atoms with Crippen molar-refractivity contribution in [2.45, 2.75) is 201 Å². The van der Waals surface area contributed by atoms with Crippen LogP contribution in [0.1, 0.15) is 242 Å². The Morgan fingerprint density at radius 3 is 1.27 bits per heavy atom. The summed E-state index contributed by atoms with van der Waals surface area (Å²) in [5, 5.41) is 0. The summed E-state index contributed by atoms with van der Waals surface area (Å²) in [5.41, 5.74) is 3.13. The van der Waals surface area contributed by atoms with Gasteiger partial charge in [-0.3, -0.25) is 29.0 Å². The van der Waals surface area contributed by atoms with Crippen LogP contribution >= 0.6 is 0 Å². The van der Waals surface area contributed by atoms with Gasteiger partial charge in [0.25, 0.3) is 23.6 Å². The van der Waals surface area contributed by atoms with E-state index < -0.39 is 0 Å². The van der Waals surface area contributed by atoms with E-state index in [2.05, 4.69) is 20.8 Å². The van der Waals surface area contributed by atoms with E-state index in [9.17, 15) is 19.2 Å². The predicted octanol–water partition coefficient (Wildman–Crippen LogP) is 14.6. The van der Waals surface area contributed by atoms with Crippen molar-refractivity contribution in [3.05, 3.63) is 58.7 Å². The van der Waals surface area contributed by atoms with Gasteiger partial charge in [-0.25, -0.2) is 0 Å². The summed E-state index contributed by atoms with van der Waals surface area (Å²) in [6.45, 7) is 7.43. The number of rotatable bonds is 29. The van der Waals surface area contributed by atoms with Gasteiger partial charge in [0.05, 0.1) is 22.3 Å². The van der Waals surface area contributed by atoms with Crippen molar-refractivity contribution < 1.29 is 19.2 Å². The van der Waals surface area contributed by atoms with Crippen LogP contribution in [0.3, 0.4) is 0 Å². The third kappa shape index (κ3) is 12.9. The average molecular weight is 809 g/mol. The van der Waals surface area contributed by atoms with Crippen LogP contribution in [0.2, 0.25) is 0 Å². The SMILES string of the molecule is CCCCCCCCC1CCC(CCCCCC)C(CCCCCCCC)C1CCCCCCCCN1C(=O)c2ccc(-c3ccc4c(c3)C(=O)N(C)C4=O)cc2C1=O. The molecule has 5 rings (SSSR count). The topological polar surface area (TPSA) is 74.8 Å². The molecule has 326 valence electrons. The van der Waals surface area contributed by atoms with Crippen LogP contribution in [0.25, 0.3) is 11.1 Å². The Labute approximate surface area is 359 Å². The van der Waals surface area contributed by atoms with Crippen LogP contribution in [0.15, 0.2) is 36.4 Å². The first-order chi connectivity index (χ1) is 28.8. The maximum absolute atomic E-state index is 13.5. The molecule has 2 aliphatic heterocycles. The first kappa shape index (κ1) is 46.8. The van der Waals surface area contributed by atoms with E-state index in [0.717, 1.165) is 59.0 Å². The molecule has 0 spiro atoms. The van der Waals surface area contributed by atoms with E-state index >= 15 is 0 Å². The standard InChI is InChI=1S/C53H80N2O4/c1-5-8-11-14-18-23-28-41-32-31-40(27-22-13-10-7-3)44(29-24-19-15-12-9-6-2)45(41)30-25-20-16-17-21-26-37-55-52(58)47-36-34-43(39-49(47)53(55)59)42-33-35-46-48(38-42)51(57)54(4)50(46)56/h33-36,38-41,44-45H,5-32,37H2,1-4H3. The molecule has 0 aromatic heterocycles. The molecule has 59 heavy (non-hydrogen) atoms. The van der Waals surface area contributed by atoms with Crippen LogP contribution in [0.5, 0.6) is 0 Å². The normalized spacial score (nSPS) is 20.3. The van der Waals surface area contributed by atoms with Crippen molar-refractivity contribution in [3.63, 3.8) is 0 Å². The lowest BCUT2D eigenvalue weighted by atomic mass is 9.61. The Morgan fingerprint density at radius 1 is 0.424 bits per heavy atom. The molecule has 0 saturated heterocycles. The Morgan fingerprint density at radius 2 is 0.780 bits per heavy atom. The number of fused-ring (bicyclic) bond motifs is 2. The highest BCUT2D eigenvalue weighted by molar-refractivity contribution is 6.22. The zero-order valence-electron chi connectivity index (χ0n) is 37.8. The number of unbranched alkanes of at least 4 members (excludes halogenated alkanes) is 18. The fourth-order valence-corrected chi connectivity index (χ4v) is 10.9. The summed E-state index contributed by atoms with van der Waals surface area (Å²) in [6.07, 6.45) is 38.0. The van der Waals surface area contributed by atoms with Gasteiger partial charge in [-0.15, -0.1) is 0 Å². The minimum absolute atomic E-state index is 0.213. The first-order valence-corrected chi connectivity index (χ1v) is 24.8. The van der Waals surface area contributed by atoms with Crippen LogP contribution in [-0.2, 0) is 0 Å². The molecule has 4 unspecified atom stereocenters. The maximum Gasteiger partial charge on any atom is 0.261 e. The van der Waals surface area contributed by atoms with Crippen molar-refractivity contribution >= 4 is 23.6 Å². The second kappa shape index (κ2) is 24.8. The van der Waals surface area contributed by atoms with E-state index in [1.165, 1.54) is 172 Å². The maximum atomic E-state index is 13.5. The zero-order valence-corrected chi connectivity index (χ0v) is 37.8. The number of benzene rings is 2. The number of nitrogens with zero attached hydrogens (tertiary/aromatic N) is 2. The second-order valence-electron chi connectivity index (χ2n) is 18.7. The molecule has 4 amide bonds. The number of hydrogen-bond donors (Lipinski definition) is 0. The third-order valence-corrected chi connectivity index (χ3v) is 14.5. The molecular weight excluding hydrogens is 729 g/mol. The van der Waals surface area contributed by atoms with Crippen LogP contribution in [0.4, 0.5) is 0 Å². The molecule has 0 radical (unpaired) electrons. The quantitative estimate of drug-likeness (QED) is 0.0606. The van der Waals surface area contributed by atoms with E-state index in [1.807, 2.05) is 6.07 Å². The summed E-state index contributed by atoms with van der Waals surface area (Å²) in [5.74, 6) is 2.65. The Balaban J connectivity index is 1.09. The molecule has 4 atom stereocenters. The highest BCUT2D eigenvalue weighted by Crippen LogP contribution is 2.48. The number of amides is 4. The van der Waals surface area contributed by atoms with Crippen LogP contribution in [0, 0.1) is 23.7 Å². The van der Waals surface area contributed by atoms with Crippen molar-refractivity contribution in [3.8, 4) is 11.1 Å². The van der Waals surface area contributed by atoms with Gasteiger partial charge >= 0.3 is 0 Å².